The molecule has 5 rings (SSSR count). The molecule has 0 saturated heterocycles. The average Bonchev–Trinajstić information content (AvgIpc) is 2.77. The van der Waals surface area contributed by atoms with Gasteiger partial charge in [-0.15, -0.1) is 0 Å². The maximum Gasteiger partial charge on any atom is 0.342 e. The van der Waals surface area contributed by atoms with Gasteiger partial charge in [0.25, 0.3) is 5.56 Å². The smallest absolute Gasteiger partial charge is 0.342 e. The SMILES string of the molecule is O=c1[nH]c(-c2ccccc2)nc2c1CN(Cc1c(Cl)c3ccccc3oc1=O)CC2. The number of halogens is 1. The Morgan fingerprint density at radius 1 is 1.07 bits per heavy atom. The lowest BCUT2D eigenvalue weighted by molar-refractivity contribution is 0.239. The van der Waals surface area contributed by atoms with E-state index in [0.29, 0.717) is 59.0 Å². The van der Waals surface area contributed by atoms with Gasteiger partial charge in [0.2, 0.25) is 0 Å². The molecule has 0 spiro atoms. The fourth-order valence-electron chi connectivity index (χ4n) is 3.86. The third-order valence-electron chi connectivity index (χ3n) is 5.41. The summed E-state index contributed by atoms with van der Waals surface area (Å²) in [5.74, 6) is 0.575. The summed E-state index contributed by atoms with van der Waals surface area (Å²) in [6, 6.07) is 16.8. The first kappa shape index (κ1) is 18.8. The summed E-state index contributed by atoms with van der Waals surface area (Å²) in [5, 5.41) is 1.11. The first-order valence-electron chi connectivity index (χ1n) is 9.70. The molecule has 6 nitrogen and oxygen atoms in total. The molecule has 0 aliphatic carbocycles. The van der Waals surface area contributed by atoms with Gasteiger partial charge >= 0.3 is 5.63 Å². The van der Waals surface area contributed by atoms with Gasteiger partial charge < -0.3 is 9.40 Å². The summed E-state index contributed by atoms with van der Waals surface area (Å²) in [4.78, 5) is 34.8. The molecule has 3 heterocycles. The van der Waals surface area contributed by atoms with E-state index in [2.05, 4.69) is 9.97 Å². The fraction of sp³-hybridized carbons (Fsp3) is 0.174. The highest BCUT2D eigenvalue weighted by molar-refractivity contribution is 6.35. The summed E-state index contributed by atoms with van der Waals surface area (Å²) in [5.41, 5.74) is 2.57. The van der Waals surface area contributed by atoms with Crippen molar-refractivity contribution in [1.29, 1.82) is 0 Å². The second-order valence-electron chi connectivity index (χ2n) is 7.34. The third kappa shape index (κ3) is 3.34. The van der Waals surface area contributed by atoms with Crippen LogP contribution >= 0.6 is 11.6 Å². The minimum atomic E-state index is -0.448. The standard InChI is InChI=1S/C23H18ClN3O3/c24-20-15-8-4-5-9-19(15)30-23(29)17(20)13-27-11-10-18-16(12-27)22(28)26-21(25-18)14-6-2-1-3-7-14/h1-9H,10-13H2,(H,25,26,28). The van der Waals surface area contributed by atoms with Crippen LogP contribution in [-0.4, -0.2) is 21.4 Å². The quantitative estimate of drug-likeness (QED) is 0.511. The van der Waals surface area contributed by atoms with Crippen molar-refractivity contribution < 1.29 is 4.42 Å². The average molecular weight is 420 g/mol. The molecule has 7 heteroatoms. The van der Waals surface area contributed by atoms with Crippen molar-refractivity contribution in [1.82, 2.24) is 14.9 Å². The van der Waals surface area contributed by atoms with E-state index in [1.54, 1.807) is 12.1 Å². The molecular formula is C23H18ClN3O3. The second-order valence-corrected chi connectivity index (χ2v) is 7.72. The number of hydrogen-bond acceptors (Lipinski definition) is 5. The molecule has 2 aromatic heterocycles. The van der Waals surface area contributed by atoms with Gasteiger partial charge in [0.15, 0.2) is 0 Å². The van der Waals surface area contributed by atoms with Gasteiger partial charge in [-0.2, -0.15) is 0 Å². The van der Waals surface area contributed by atoms with E-state index >= 15 is 0 Å². The van der Waals surface area contributed by atoms with Crippen molar-refractivity contribution in [2.45, 2.75) is 19.5 Å². The minimum Gasteiger partial charge on any atom is -0.422 e. The molecule has 0 amide bonds. The highest BCUT2D eigenvalue weighted by Gasteiger charge is 2.24. The lowest BCUT2D eigenvalue weighted by Gasteiger charge is -2.27. The molecule has 30 heavy (non-hydrogen) atoms. The van der Waals surface area contributed by atoms with Gasteiger partial charge in [0, 0.05) is 37.0 Å². The monoisotopic (exact) mass is 419 g/mol. The van der Waals surface area contributed by atoms with E-state index in [1.165, 1.54) is 0 Å². The molecule has 0 bridgehead atoms. The zero-order chi connectivity index (χ0) is 20.7. The number of para-hydroxylation sites is 1. The van der Waals surface area contributed by atoms with Gasteiger partial charge in [-0.1, -0.05) is 54.1 Å². The predicted molar refractivity (Wildman–Crippen MR) is 116 cm³/mol. The Balaban J connectivity index is 1.45. The normalized spacial score (nSPS) is 14.0. The molecule has 0 atom stereocenters. The van der Waals surface area contributed by atoms with Gasteiger partial charge in [-0.05, 0) is 12.1 Å². The van der Waals surface area contributed by atoms with Crippen LogP contribution in [-0.2, 0) is 19.5 Å². The molecule has 1 aliphatic rings. The molecule has 2 aromatic carbocycles. The number of nitrogens with one attached hydrogen (secondary N) is 1. The number of nitrogens with zero attached hydrogens (tertiary/aromatic N) is 2. The highest BCUT2D eigenvalue weighted by Crippen LogP contribution is 2.27. The Hall–Kier alpha value is -3.22. The Morgan fingerprint density at radius 2 is 1.83 bits per heavy atom. The van der Waals surface area contributed by atoms with E-state index in [4.69, 9.17) is 16.0 Å². The van der Waals surface area contributed by atoms with Crippen molar-refractivity contribution in [3.05, 3.63) is 97.2 Å². The minimum absolute atomic E-state index is 0.153. The molecule has 0 fully saturated rings. The molecule has 4 aromatic rings. The summed E-state index contributed by atoms with van der Waals surface area (Å²) in [6.07, 6.45) is 0.621. The van der Waals surface area contributed by atoms with Gasteiger partial charge in [-0.25, -0.2) is 9.78 Å². The lowest BCUT2D eigenvalue weighted by atomic mass is 10.1. The second kappa shape index (κ2) is 7.55. The Labute approximate surface area is 176 Å². The molecule has 1 aliphatic heterocycles. The van der Waals surface area contributed by atoms with Crippen LogP contribution in [0.4, 0.5) is 0 Å². The molecule has 0 saturated carbocycles. The third-order valence-corrected chi connectivity index (χ3v) is 5.85. The fourth-order valence-corrected chi connectivity index (χ4v) is 4.15. The number of aromatic amines is 1. The number of aromatic nitrogens is 2. The summed E-state index contributed by atoms with van der Waals surface area (Å²) in [7, 11) is 0. The number of H-pyrrole nitrogens is 1. The molecule has 0 unspecified atom stereocenters. The van der Waals surface area contributed by atoms with Crippen molar-refractivity contribution >= 4 is 22.6 Å². The van der Waals surface area contributed by atoms with E-state index in [1.807, 2.05) is 47.4 Å². The van der Waals surface area contributed by atoms with Crippen LogP contribution in [0.15, 0.2) is 68.6 Å². The largest absolute Gasteiger partial charge is 0.422 e. The van der Waals surface area contributed by atoms with Crippen LogP contribution in [0, 0.1) is 0 Å². The topological polar surface area (TPSA) is 79.2 Å². The van der Waals surface area contributed by atoms with Crippen LogP contribution in [0.1, 0.15) is 16.8 Å². The Kier molecular flexibility index (Phi) is 4.73. The first-order valence-corrected chi connectivity index (χ1v) is 10.1. The van der Waals surface area contributed by atoms with Crippen molar-refractivity contribution in [2.24, 2.45) is 0 Å². The number of hydrogen-bond donors (Lipinski definition) is 1. The molecule has 1 N–H and O–H groups in total. The summed E-state index contributed by atoms with van der Waals surface area (Å²) in [6.45, 7) is 1.38. The maximum absolute atomic E-state index is 12.7. The highest BCUT2D eigenvalue weighted by atomic mass is 35.5. The summed E-state index contributed by atoms with van der Waals surface area (Å²) >= 11 is 6.52. The van der Waals surface area contributed by atoms with E-state index < -0.39 is 5.63 Å². The van der Waals surface area contributed by atoms with E-state index in [9.17, 15) is 9.59 Å². The van der Waals surface area contributed by atoms with Crippen LogP contribution in [0.25, 0.3) is 22.4 Å². The van der Waals surface area contributed by atoms with E-state index in [0.717, 1.165) is 11.3 Å². The van der Waals surface area contributed by atoms with E-state index in [-0.39, 0.29) is 5.56 Å². The number of rotatable bonds is 3. The molecular weight excluding hydrogens is 402 g/mol. The van der Waals surface area contributed by atoms with Gasteiger partial charge in [0.05, 0.1) is 21.8 Å². The Bertz CT molecular complexity index is 1360. The van der Waals surface area contributed by atoms with Crippen molar-refractivity contribution in [3.8, 4) is 11.4 Å². The first-order chi connectivity index (χ1) is 14.6. The predicted octanol–water partition coefficient (Wildman–Crippen LogP) is 3.76. The molecule has 150 valence electrons. The Morgan fingerprint density at radius 3 is 2.67 bits per heavy atom. The van der Waals surface area contributed by atoms with Crippen LogP contribution in [0.5, 0.6) is 0 Å². The van der Waals surface area contributed by atoms with Crippen LogP contribution < -0.4 is 11.2 Å². The lowest BCUT2D eigenvalue weighted by Crippen LogP contribution is -2.36. The maximum atomic E-state index is 12.7. The number of fused-ring (bicyclic) bond motifs is 2. The molecule has 0 radical (unpaired) electrons. The zero-order valence-electron chi connectivity index (χ0n) is 16.0. The summed E-state index contributed by atoms with van der Waals surface area (Å²) < 4.78 is 5.43. The zero-order valence-corrected chi connectivity index (χ0v) is 16.8. The van der Waals surface area contributed by atoms with Crippen molar-refractivity contribution in [3.63, 3.8) is 0 Å². The van der Waals surface area contributed by atoms with Gasteiger partial charge in [-0.3, -0.25) is 9.69 Å². The van der Waals surface area contributed by atoms with Crippen molar-refractivity contribution in [2.75, 3.05) is 6.54 Å². The van der Waals surface area contributed by atoms with Crippen LogP contribution in [0.2, 0.25) is 5.02 Å². The van der Waals surface area contributed by atoms with Gasteiger partial charge in [0.1, 0.15) is 11.4 Å². The van der Waals surface area contributed by atoms with Crippen LogP contribution in [0.3, 0.4) is 0 Å². The number of benzene rings is 2.